The standard InChI is InChI=1S/C13H18N2O3/c1-13(7-4-8-17-13)12-14-11(18-15-12)9-5-2-3-6-10(9)16/h9H,2-8H2,1H3. The summed E-state index contributed by atoms with van der Waals surface area (Å²) in [6.45, 7) is 2.72. The zero-order chi connectivity index (χ0) is 12.6. The molecule has 0 bridgehead atoms. The van der Waals surface area contributed by atoms with Crippen molar-refractivity contribution in [3.05, 3.63) is 11.7 Å². The van der Waals surface area contributed by atoms with E-state index in [9.17, 15) is 4.79 Å². The smallest absolute Gasteiger partial charge is 0.237 e. The van der Waals surface area contributed by atoms with Crippen LogP contribution in [0.1, 0.15) is 63.1 Å². The maximum absolute atomic E-state index is 11.8. The van der Waals surface area contributed by atoms with Crippen LogP contribution in [0.4, 0.5) is 0 Å². The highest BCUT2D eigenvalue weighted by molar-refractivity contribution is 5.85. The third kappa shape index (κ3) is 1.96. The average molecular weight is 250 g/mol. The van der Waals surface area contributed by atoms with Crippen molar-refractivity contribution >= 4 is 5.78 Å². The number of hydrogen-bond acceptors (Lipinski definition) is 5. The van der Waals surface area contributed by atoms with Gasteiger partial charge in [0.15, 0.2) is 0 Å². The van der Waals surface area contributed by atoms with Crippen molar-refractivity contribution in [2.75, 3.05) is 6.61 Å². The van der Waals surface area contributed by atoms with Gasteiger partial charge in [-0.25, -0.2) is 0 Å². The van der Waals surface area contributed by atoms with Gasteiger partial charge in [0.1, 0.15) is 11.4 Å². The van der Waals surface area contributed by atoms with Crippen LogP contribution in [0.2, 0.25) is 0 Å². The van der Waals surface area contributed by atoms with E-state index in [4.69, 9.17) is 9.26 Å². The number of ketones is 1. The Morgan fingerprint density at radius 2 is 2.22 bits per heavy atom. The number of hydrogen-bond donors (Lipinski definition) is 0. The second-order valence-electron chi connectivity index (χ2n) is 5.40. The molecule has 1 saturated carbocycles. The number of carbonyl (C=O) groups is 1. The van der Waals surface area contributed by atoms with Crippen molar-refractivity contribution in [2.24, 2.45) is 0 Å². The van der Waals surface area contributed by atoms with Crippen molar-refractivity contribution in [1.82, 2.24) is 10.1 Å². The Bertz CT molecular complexity index is 449. The van der Waals surface area contributed by atoms with E-state index in [-0.39, 0.29) is 11.7 Å². The summed E-state index contributed by atoms with van der Waals surface area (Å²) < 4.78 is 11.0. The molecule has 5 nitrogen and oxygen atoms in total. The minimum absolute atomic E-state index is 0.190. The van der Waals surface area contributed by atoms with E-state index in [1.165, 1.54) is 0 Å². The van der Waals surface area contributed by atoms with Crippen LogP contribution < -0.4 is 0 Å². The molecule has 98 valence electrons. The molecule has 0 aromatic carbocycles. The topological polar surface area (TPSA) is 65.2 Å². The van der Waals surface area contributed by atoms with E-state index in [0.717, 1.165) is 38.7 Å². The Balaban J connectivity index is 1.82. The summed E-state index contributed by atoms with van der Waals surface area (Å²) >= 11 is 0. The molecule has 1 aromatic rings. The summed E-state index contributed by atoms with van der Waals surface area (Å²) in [6, 6.07) is 0. The van der Waals surface area contributed by atoms with Gasteiger partial charge in [-0.1, -0.05) is 11.6 Å². The Labute approximate surface area is 106 Å². The number of nitrogens with zero attached hydrogens (tertiary/aromatic N) is 2. The van der Waals surface area contributed by atoms with E-state index in [2.05, 4.69) is 10.1 Å². The highest BCUT2D eigenvalue weighted by atomic mass is 16.5. The number of Topliss-reactive ketones (excluding diaryl/α,β-unsaturated/α-hetero) is 1. The van der Waals surface area contributed by atoms with Crippen LogP contribution in [0.3, 0.4) is 0 Å². The fraction of sp³-hybridized carbons (Fsp3) is 0.769. The molecule has 0 N–H and O–H groups in total. The van der Waals surface area contributed by atoms with Crippen LogP contribution in [0.15, 0.2) is 4.52 Å². The summed E-state index contributed by atoms with van der Waals surface area (Å²) in [6.07, 6.45) is 5.43. The minimum Gasteiger partial charge on any atom is -0.367 e. The predicted molar refractivity (Wildman–Crippen MR) is 63.1 cm³/mol. The van der Waals surface area contributed by atoms with Crippen molar-refractivity contribution < 1.29 is 14.1 Å². The summed E-state index contributed by atoms with van der Waals surface area (Å²) in [7, 11) is 0. The molecule has 2 fully saturated rings. The van der Waals surface area contributed by atoms with Crippen molar-refractivity contribution in [3.63, 3.8) is 0 Å². The monoisotopic (exact) mass is 250 g/mol. The van der Waals surface area contributed by atoms with Gasteiger partial charge in [-0.2, -0.15) is 4.98 Å². The van der Waals surface area contributed by atoms with E-state index in [1.807, 2.05) is 6.92 Å². The van der Waals surface area contributed by atoms with Crippen LogP contribution in [-0.2, 0) is 15.1 Å². The molecule has 0 radical (unpaired) electrons. The molecule has 0 amide bonds. The second-order valence-corrected chi connectivity index (χ2v) is 5.40. The lowest BCUT2D eigenvalue weighted by atomic mass is 9.88. The van der Waals surface area contributed by atoms with Gasteiger partial charge in [0, 0.05) is 13.0 Å². The molecule has 1 aliphatic heterocycles. The van der Waals surface area contributed by atoms with Crippen LogP contribution in [-0.4, -0.2) is 22.5 Å². The first-order chi connectivity index (χ1) is 8.69. The maximum Gasteiger partial charge on any atom is 0.237 e. The Morgan fingerprint density at radius 3 is 2.94 bits per heavy atom. The Morgan fingerprint density at radius 1 is 1.33 bits per heavy atom. The lowest BCUT2D eigenvalue weighted by Gasteiger charge is -2.18. The first kappa shape index (κ1) is 11.8. The van der Waals surface area contributed by atoms with Gasteiger partial charge < -0.3 is 9.26 Å². The van der Waals surface area contributed by atoms with E-state index in [0.29, 0.717) is 18.1 Å². The molecule has 18 heavy (non-hydrogen) atoms. The highest BCUT2D eigenvalue weighted by Gasteiger charge is 2.38. The Kier molecular flexibility index (Phi) is 2.93. The molecule has 2 unspecified atom stereocenters. The summed E-state index contributed by atoms with van der Waals surface area (Å²) in [5.41, 5.74) is -0.431. The fourth-order valence-electron chi connectivity index (χ4n) is 2.79. The summed E-state index contributed by atoms with van der Waals surface area (Å²) in [5, 5.41) is 4.02. The van der Waals surface area contributed by atoms with Gasteiger partial charge in [-0.15, -0.1) is 0 Å². The third-order valence-corrected chi connectivity index (χ3v) is 3.99. The predicted octanol–water partition coefficient (Wildman–Crippen LogP) is 2.32. The normalized spacial score (nSPS) is 32.9. The highest BCUT2D eigenvalue weighted by Crippen LogP contribution is 2.35. The molecule has 2 heterocycles. The van der Waals surface area contributed by atoms with Crippen molar-refractivity contribution in [1.29, 1.82) is 0 Å². The van der Waals surface area contributed by atoms with Crippen molar-refractivity contribution in [3.8, 4) is 0 Å². The summed E-state index contributed by atoms with van der Waals surface area (Å²) in [4.78, 5) is 16.3. The molecule has 1 aliphatic carbocycles. The molecule has 5 heteroatoms. The van der Waals surface area contributed by atoms with Gasteiger partial charge in [-0.3, -0.25) is 4.79 Å². The molecule has 2 aliphatic rings. The fourth-order valence-corrected chi connectivity index (χ4v) is 2.79. The zero-order valence-electron chi connectivity index (χ0n) is 10.6. The van der Waals surface area contributed by atoms with E-state index >= 15 is 0 Å². The third-order valence-electron chi connectivity index (χ3n) is 3.99. The van der Waals surface area contributed by atoms with Gasteiger partial charge in [0.25, 0.3) is 0 Å². The SMILES string of the molecule is CC1(c2noc(C3CCCCC3=O)n2)CCCO1. The van der Waals surface area contributed by atoms with Gasteiger partial charge in [-0.05, 0) is 32.6 Å². The second kappa shape index (κ2) is 4.46. The number of carbonyl (C=O) groups excluding carboxylic acids is 1. The lowest BCUT2D eigenvalue weighted by molar-refractivity contribution is -0.122. The number of rotatable bonds is 2. The molecular weight excluding hydrogens is 232 g/mol. The molecular formula is C13H18N2O3. The first-order valence-corrected chi connectivity index (χ1v) is 6.70. The minimum atomic E-state index is -0.431. The van der Waals surface area contributed by atoms with Crippen LogP contribution in [0.5, 0.6) is 0 Å². The van der Waals surface area contributed by atoms with Crippen LogP contribution in [0, 0.1) is 0 Å². The molecule has 2 atom stereocenters. The number of aromatic nitrogens is 2. The Hall–Kier alpha value is -1.23. The van der Waals surface area contributed by atoms with Crippen LogP contribution >= 0.6 is 0 Å². The molecule has 0 spiro atoms. The molecule has 1 saturated heterocycles. The quantitative estimate of drug-likeness (QED) is 0.806. The average Bonchev–Trinajstić information content (AvgIpc) is 2.99. The largest absolute Gasteiger partial charge is 0.367 e. The van der Waals surface area contributed by atoms with Gasteiger partial charge >= 0.3 is 0 Å². The van der Waals surface area contributed by atoms with Gasteiger partial charge in [0.2, 0.25) is 11.7 Å². The molecule has 3 rings (SSSR count). The number of ether oxygens (including phenoxy) is 1. The first-order valence-electron chi connectivity index (χ1n) is 6.70. The maximum atomic E-state index is 11.8. The van der Waals surface area contributed by atoms with E-state index in [1.54, 1.807) is 0 Å². The van der Waals surface area contributed by atoms with E-state index < -0.39 is 5.60 Å². The summed E-state index contributed by atoms with van der Waals surface area (Å²) in [5.74, 6) is 1.11. The lowest BCUT2D eigenvalue weighted by Crippen LogP contribution is -2.22. The van der Waals surface area contributed by atoms with Gasteiger partial charge in [0.05, 0.1) is 5.92 Å². The zero-order valence-corrected chi connectivity index (χ0v) is 10.6. The molecule has 1 aromatic heterocycles. The van der Waals surface area contributed by atoms with Crippen molar-refractivity contribution in [2.45, 2.75) is 57.0 Å². The van der Waals surface area contributed by atoms with Crippen LogP contribution in [0.25, 0.3) is 0 Å².